The number of rotatable bonds is 6. The van der Waals surface area contributed by atoms with Gasteiger partial charge in [0.2, 0.25) is 11.8 Å². The molecule has 0 bridgehead atoms. The van der Waals surface area contributed by atoms with Crippen LogP contribution in [-0.4, -0.2) is 47.0 Å². The zero-order chi connectivity index (χ0) is 20.1. The summed E-state index contributed by atoms with van der Waals surface area (Å²) in [6, 6.07) is 10.1. The quantitative estimate of drug-likeness (QED) is 0.774. The van der Waals surface area contributed by atoms with Crippen molar-refractivity contribution in [3.8, 4) is 0 Å². The van der Waals surface area contributed by atoms with E-state index in [0.717, 1.165) is 0 Å². The number of anilines is 3. The molecule has 1 aromatic carbocycles. The number of carbonyl (C=O) groups is 4. The van der Waals surface area contributed by atoms with E-state index in [-0.39, 0.29) is 37.1 Å². The molecule has 2 aromatic rings. The Kier molecular flexibility index (Phi) is 5.78. The van der Waals surface area contributed by atoms with Crippen molar-refractivity contribution >= 4 is 41.2 Å². The molecule has 0 fully saturated rings. The van der Waals surface area contributed by atoms with Gasteiger partial charge in [0.05, 0.1) is 23.5 Å². The first-order chi connectivity index (χ1) is 13.6. The second kappa shape index (κ2) is 8.43. The third kappa shape index (κ3) is 3.75. The highest BCUT2D eigenvalue weighted by atomic mass is 16.2. The van der Waals surface area contributed by atoms with E-state index in [1.165, 1.54) is 16.0 Å². The lowest BCUT2D eigenvalue weighted by molar-refractivity contribution is -0.134. The van der Waals surface area contributed by atoms with Crippen LogP contribution in [0.15, 0.2) is 42.6 Å². The molecule has 1 aliphatic rings. The Morgan fingerprint density at radius 2 is 1.96 bits per heavy atom. The summed E-state index contributed by atoms with van der Waals surface area (Å²) in [6.45, 7) is 2.16. The van der Waals surface area contributed by atoms with Crippen molar-refractivity contribution < 1.29 is 19.2 Å². The molecule has 8 heteroatoms. The van der Waals surface area contributed by atoms with Crippen LogP contribution in [0.2, 0.25) is 0 Å². The third-order valence-electron chi connectivity index (χ3n) is 4.47. The predicted octanol–water partition coefficient (Wildman–Crippen LogP) is 2.14. The third-order valence-corrected chi connectivity index (χ3v) is 4.47. The zero-order valence-electron chi connectivity index (χ0n) is 15.4. The average molecular weight is 380 g/mol. The van der Waals surface area contributed by atoms with Crippen LogP contribution in [0.25, 0.3) is 0 Å². The SMILES string of the molecule is CCN(CC=O)C(=O)CCC(=O)N1c2ccccc2C(=O)Nc2cccnc21. The molecule has 0 saturated carbocycles. The molecule has 0 saturated heterocycles. The summed E-state index contributed by atoms with van der Waals surface area (Å²) < 4.78 is 0. The summed E-state index contributed by atoms with van der Waals surface area (Å²) in [5.74, 6) is -0.668. The Balaban J connectivity index is 1.91. The van der Waals surface area contributed by atoms with E-state index >= 15 is 0 Å². The molecule has 0 radical (unpaired) electrons. The zero-order valence-corrected chi connectivity index (χ0v) is 15.4. The second-order valence-corrected chi connectivity index (χ2v) is 6.17. The molecular formula is C20H20N4O4. The molecule has 28 heavy (non-hydrogen) atoms. The highest BCUT2D eigenvalue weighted by Gasteiger charge is 2.30. The fourth-order valence-corrected chi connectivity index (χ4v) is 3.07. The first-order valence-corrected chi connectivity index (χ1v) is 8.96. The van der Waals surface area contributed by atoms with Crippen molar-refractivity contribution in [2.45, 2.75) is 19.8 Å². The Bertz CT molecular complexity index is 928. The molecule has 1 N–H and O–H groups in total. The highest BCUT2D eigenvalue weighted by molar-refractivity contribution is 6.17. The largest absolute Gasteiger partial charge is 0.336 e. The van der Waals surface area contributed by atoms with Crippen LogP contribution in [-0.2, 0) is 14.4 Å². The Labute approximate surface area is 162 Å². The summed E-state index contributed by atoms with van der Waals surface area (Å²) in [6.07, 6.45) is 2.08. The topological polar surface area (TPSA) is 99.7 Å². The minimum Gasteiger partial charge on any atom is -0.336 e. The van der Waals surface area contributed by atoms with Gasteiger partial charge in [0.25, 0.3) is 5.91 Å². The number of benzene rings is 1. The Morgan fingerprint density at radius 1 is 1.18 bits per heavy atom. The first kappa shape index (κ1) is 19.2. The number of carbonyl (C=O) groups excluding carboxylic acids is 4. The molecule has 0 unspecified atom stereocenters. The van der Waals surface area contributed by atoms with E-state index in [1.54, 1.807) is 43.3 Å². The van der Waals surface area contributed by atoms with E-state index in [4.69, 9.17) is 0 Å². The summed E-state index contributed by atoms with van der Waals surface area (Å²) in [5, 5.41) is 2.76. The van der Waals surface area contributed by atoms with Gasteiger partial charge >= 0.3 is 0 Å². The molecule has 3 amide bonds. The Hall–Kier alpha value is -3.55. The van der Waals surface area contributed by atoms with Crippen LogP contribution in [0.5, 0.6) is 0 Å². The van der Waals surface area contributed by atoms with Crippen LogP contribution in [0.4, 0.5) is 17.2 Å². The van der Waals surface area contributed by atoms with Gasteiger partial charge in [0.15, 0.2) is 5.82 Å². The molecule has 8 nitrogen and oxygen atoms in total. The van der Waals surface area contributed by atoms with Gasteiger partial charge in [-0.1, -0.05) is 12.1 Å². The van der Waals surface area contributed by atoms with Crippen molar-refractivity contribution in [1.82, 2.24) is 9.88 Å². The van der Waals surface area contributed by atoms with Gasteiger partial charge in [0, 0.05) is 25.6 Å². The monoisotopic (exact) mass is 380 g/mol. The van der Waals surface area contributed by atoms with E-state index in [0.29, 0.717) is 35.6 Å². The lowest BCUT2D eigenvalue weighted by Gasteiger charge is -2.23. The van der Waals surface area contributed by atoms with Crippen molar-refractivity contribution in [3.05, 3.63) is 48.2 Å². The molecule has 3 rings (SSSR count). The molecule has 2 heterocycles. The van der Waals surface area contributed by atoms with Gasteiger partial charge in [-0.25, -0.2) is 4.98 Å². The van der Waals surface area contributed by atoms with E-state index in [9.17, 15) is 19.2 Å². The Morgan fingerprint density at radius 3 is 2.71 bits per heavy atom. The number of hydrogen-bond acceptors (Lipinski definition) is 5. The van der Waals surface area contributed by atoms with Gasteiger partial charge in [-0.15, -0.1) is 0 Å². The number of hydrogen-bond donors (Lipinski definition) is 1. The number of aromatic nitrogens is 1. The number of para-hydroxylation sites is 1. The fraction of sp³-hybridized carbons (Fsp3) is 0.250. The maximum Gasteiger partial charge on any atom is 0.257 e. The summed E-state index contributed by atoms with van der Waals surface area (Å²) >= 11 is 0. The van der Waals surface area contributed by atoms with E-state index in [2.05, 4.69) is 10.3 Å². The smallest absolute Gasteiger partial charge is 0.257 e. The van der Waals surface area contributed by atoms with Crippen LogP contribution >= 0.6 is 0 Å². The van der Waals surface area contributed by atoms with Gasteiger partial charge < -0.3 is 15.0 Å². The van der Waals surface area contributed by atoms with Crippen molar-refractivity contribution in [3.63, 3.8) is 0 Å². The molecule has 0 atom stereocenters. The molecular weight excluding hydrogens is 360 g/mol. The molecule has 1 aliphatic heterocycles. The van der Waals surface area contributed by atoms with Gasteiger partial charge in [-0.3, -0.25) is 19.3 Å². The van der Waals surface area contributed by atoms with Crippen molar-refractivity contribution in [1.29, 1.82) is 0 Å². The molecule has 0 spiro atoms. The van der Waals surface area contributed by atoms with E-state index in [1.807, 2.05) is 0 Å². The molecule has 0 aliphatic carbocycles. The van der Waals surface area contributed by atoms with E-state index < -0.39 is 0 Å². The molecule has 144 valence electrons. The van der Waals surface area contributed by atoms with Crippen molar-refractivity contribution in [2.24, 2.45) is 0 Å². The summed E-state index contributed by atoms with van der Waals surface area (Å²) in [4.78, 5) is 55.6. The van der Waals surface area contributed by atoms with Crippen LogP contribution in [0, 0.1) is 0 Å². The van der Waals surface area contributed by atoms with Crippen molar-refractivity contribution in [2.75, 3.05) is 23.3 Å². The second-order valence-electron chi connectivity index (χ2n) is 6.17. The summed E-state index contributed by atoms with van der Waals surface area (Å²) in [7, 11) is 0. The number of amides is 3. The number of pyridine rings is 1. The number of likely N-dealkylation sites (N-methyl/N-ethyl adjacent to an activating group) is 1. The number of nitrogens with zero attached hydrogens (tertiary/aromatic N) is 3. The lowest BCUT2D eigenvalue weighted by Crippen LogP contribution is -2.34. The average Bonchev–Trinajstić information content (AvgIpc) is 2.84. The maximum absolute atomic E-state index is 13.1. The number of fused-ring (bicyclic) bond motifs is 2. The standard InChI is InChI=1S/C20H20N4O4/c1-2-23(12-13-25)17(26)9-10-18(27)24-16-8-4-3-6-14(16)20(28)22-15-7-5-11-21-19(15)24/h3-8,11,13H,2,9-10,12H2,1H3,(H,22,28). The minimum atomic E-state index is -0.362. The highest BCUT2D eigenvalue weighted by Crippen LogP contribution is 2.36. The van der Waals surface area contributed by atoms with Gasteiger partial charge in [-0.2, -0.15) is 0 Å². The predicted molar refractivity (Wildman–Crippen MR) is 103 cm³/mol. The number of aldehydes is 1. The fourth-order valence-electron chi connectivity index (χ4n) is 3.07. The summed E-state index contributed by atoms with van der Waals surface area (Å²) in [5.41, 5.74) is 1.17. The molecule has 1 aromatic heterocycles. The maximum atomic E-state index is 13.1. The van der Waals surface area contributed by atoms with Gasteiger partial charge in [0.1, 0.15) is 6.29 Å². The lowest BCUT2D eigenvalue weighted by atomic mass is 10.1. The van der Waals surface area contributed by atoms with Gasteiger partial charge in [-0.05, 0) is 31.2 Å². The van der Waals surface area contributed by atoms with Crippen LogP contribution in [0.3, 0.4) is 0 Å². The van der Waals surface area contributed by atoms with Crippen LogP contribution < -0.4 is 10.2 Å². The first-order valence-electron chi connectivity index (χ1n) is 8.96. The number of nitrogens with one attached hydrogen (secondary N) is 1. The van der Waals surface area contributed by atoms with Crippen LogP contribution in [0.1, 0.15) is 30.1 Å². The normalized spacial score (nSPS) is 12.3. The minimum absolute atomic E-state index is 0.00111.